The molecule has 0 saturated heterocycles. The SMILES string of the molecule is Cc1c(C(N)=O)sc(NC(=O)c2cc(-c3ccc(F)cc3)n[nH]2)c1C(=O)OC(C)C. The third-order valence-corrected chi connectivity index (χ3v) is 5.33. The molecular weight excluding hydrogens is 411 g/mol. The molecule has 3 aromatic rings. The highest BCUT2D eigenvalue weighted by molar-refractivity contribution is 7.18. The van der Waals surface area contributed by atoms with Crippen LogP contribution in [0.4, 0.5) is 9.39 Å². The molecular formula is C20H19FN4O4S. The fourth-order valence-electron chi connectivity index (χ4n) is 2.73. The number of carbonyl (C=O) groups is 3. The number of carbonyl (C=O) groups excluding carboxylic acids is 3. The number of esters is 1. The lowest BCUT2D eigenvalue weighted by Crippen LogP contribution is -2.17. The molecule has 0 fully saturated rings. The monoisotopic (exact) mass is 430 g/mol. The summed E-state index contributed by atoms with van der Waals surface area (Å²) in [6, 6.07) is 7.14. The molecule has 8 nitrogen and oxygen atoms in total. The van der Waals surface area contributed by atoms with Crippen LogP contribution in [0.3, 0.4) is 0 Å². The van der Waals surface area contributed by atoms with E-state index in [0.29, 0.717) is 16.8 Å². The molecule has 2 aromatic heterocycles. The topological polar surface area (TPSA) is 127 Å². The minimum Gasteiger partial charge on any atom is -0.459 e. The number of rotatable bonds is 6. The molecule has 4 N–H and O–H groups in total. The van der Waals surface area contributed by atoms with E-state index in [1.165, 1.54) is 30.3 Å². The third kappa shape index (κ3) is 4.38. The second-order valence-corrected chi connectivity index (χ2v) is 7.73. The van der Waals surface area contributed by atoms with Crippen molar-refractivity contribution in [2.75, 3.05) is 5.32 Å². The van der Waals surface area contributed by atoms with Crippen molar-refractivity contribution < 1.29 is 23.5 Å². The summed E-state index contributed by atoms with van der Waals surface area (Å²) in [5.41, 5.74) is 6.98. The highest BCUT2D eigenvalue weighted by Crippen LogP contribution is 2.34. The molecule has 0 spiro atoms. The van der Waals surface area contributed by atoms with E-state index in [4.69, 9.17) is 10.5 Å². The molecule has 2 amide bonds. The zero-order chi connectivity index (χ0) is 22.0. The molecule has 1 aromatic carbocycles. The van der Waals surface area contributed by atoms with Crippen molar-refractivity contribution >= 4 is 34.1 Å². The van der Waals surface area contributed by atoms with Crippen LogP contribution in [0.25, 0.3) is 11.3 Å². The molecule has 30 heavy (non-hydrogen) atoms. The van der Waals surface area contributed by atoms with Crippen molar-refractivity contribution in [3.05, 3.63) is 57.8 Å². The lowest BCUT2D eigenvalue weighted by Gasteiger charge is -2.10. The normalized spacial score (nSPS) is 10.8. The van der Waals surface area contributed by atoms with E-state index < -0.39 is 17.8 Å². The third-order valence-electron chi connectivity index (χ3n) is 4.11. The Balaban J connectivity index is 1.89. The minimum absolute atomic E-state index is 0.0779. The van der Waals surface area contributed by atoms with Crippen molar-refractivity contribution in [2.45, 2.75) is 26.9 Å². The molecule has 0 aliphatic rings. The van der Waals surface area contributed by atoms with Gasteiger partial charge in [-0.3, -0.25) is 14.7 Å². The number of hydrogen-bond donors (Lipinski definition) is 3. The molecule has 156 valence electrons. The number of hydrogen-bond acceptors (Lipinski definition) is 6. The van der Waals surface area contributed by atoms with Crippen LogP contribution in [0, 0.1) is 12.7 Å². The van der Waals surface area contributed by atoms with E-state index in [2.05, 4.69) is 15.5 Å². The van der Waals surface area contributed by atoms with Gasteiger partial charge in [-0.15, -0.1) is 11.3 Å². The maximum atomic E-state index is 13.1. The number of nitrogens with one attached hydrogen (secondary N) is 2. The van der Waals surface area contributed by atoms with Gasteiger partial charge in [-0.1, -0.05) is 0 Å². The molecule has 0 unspecified atom stereocenters. The number of benzene rings is 1. The molecule has 0 atom stereocenters. The first-order chi connectivity index (χ1) is 14.2. The number of thiophene rings is 1. The van der Waals surface area contributed by atoms with Crippen molar-refractivity contribution in [3.63, 3.8) is 0 Å². The summed E-state index contributed by atoms with van der Waals surface area (Å²) in [6.07, 6.45) is -0.386. The Morgan fingerprint density at radius 1 is 1.23 bits per heavy atom. The van der Waals surface area contributed by atoms with Gasteiger partial charge in [-0.05, 0) is 56.7 Å². The zero-order valence-electron chi connectivity index (χ0n) is 16.4. The van der Waals surface area contributed by atoms with Gasteiger partial charge in [0, 0.05) is 5.56 Å². The van der Waals surface area contributed by atoms with Crippen molar-refractivity contribution in [3.8, 4) is 11.3 Å². The maximum absolute atomic E-state index is 13.1. The number of aromatic nitrogens is 2. The number of nitrogens with two attached hydrogens (primary N) is 1. The van der Waals surface area contributed by atoms with Gasteiger partial charge in [0.2, 0.25) is 0 Å². The quantitative estimate of drug-likeness (QED) is 0.516. The van der Waals surface area contributed by atoms with Gasteiger partial charge in [0.15, 0.2) is 0 Å². The predicted molar refractivity (Wildman–Crippen MR) is 110 cm³/mol. The van der Waals surface area contributed by atoms with Gasteiger partial charge < -0.3 is 15.8 Å². The lowest BCUT2D eigenvalue weighted by atomic mass is 10.1. The van der Waals surface area contributed by atoms with E-state index in [1.54, 1.807) is 20.8 Å². The lowest BCUT2D eigenvalue weighted by molar-refractivity contribution is 0.0379. The van der Waals surface area contributed by atoms with Gasteiger partial charge in [0.25, 0.3) is 11.8 Å². The van der Waals surface area contributed by atoms with Crippen LogP contribution in [0.5, 0.6) is 0 Å². The minimum atomic E-state index is -0.711. The smallest absolute Gasteiger partial charge is 0.341 e. The standard InChI is InChI=1S/C20H19FN4O4S/c1-9(2)29-20(28)15-10(3)16(17(22)26)30-19(15)23-18(27)14-8-13(24-25-14)11-4-6-12(21)7-5-11/h4-9H,1-3H3,(H2,22,26)(H,23,27)(H,24,25). The Labute approximate surface area is 175 Å². The molecule has 0 aliphatic heterocycles. The second kappa shape index (κ2) is 8.46. The van der Waals surface area contributed by atoms with Crippen molar-refractivity contribution in [1.29, 1.82) is 0 Å². The number of amides is 2. The molecule has 0 bridgehead atoms. The Bertz CT molecular complexity index is 1120. The second-order valence-electron chi connectivity index (χ2n) is 6.71. The summed E-state index contributed by atoms with van der Waals surface area (Å²) in [5, 5.41) is 9.42. The average Bonchev–Trinajstić information content (AvgIpc) is 3.27. The summed E-state index contributed by atoms with van der Waals surface area (Å²) in [5.74, 6) is -2.34. The first-order valence-electron chi connectivity index (χ1n) is 8.94. The van der Waals surface area contributed by atoms with E-state index in [1.807, 2.05) is 0 Å². The molecule has 3 rings (SSSR count). The Morgan fingerprint density at radius 3 is 2.50 bits per heavy atom. The fraction of sp³-hybridized carbons (Fsp3) is 0.200. The van der Waals surface area contributed by atoms with Gasteiger partial charge >= 0.3 is 5.97 Å². The maximum Gasteiger partial charge on any atom is 0.341 e. The summed E-state index contributed by atoms with van der Waals surface area (Å²) >= 11 is 0.894. The Kier molecular flexibility index (Phi) is 5.97. The number of halogens is 1. The van der Waals surface area contributed by atoms with Gasteiger partial charge in [-0.25, -0.2) is 9.18 Å². The van der Waals surface area contributed by atoms with Gasteiger partial charge in [-0.2, -0.15) is 5.10 Å². The summed E-state index contributed by atoms with van der Waals surface area (Å²) < 4.78 is 18.3. The van der Waals surface area contributed by atoms with Gasteiger partial charge in [0.1, 0.15) is 16.5 Å². The van der Waals surface area contributed by atoms with E-state index in [9.17, 15) is 18.8 Å². The number of H-pyrrole nitrogens is 1. The number of anilines is 1. The number of aromatic amines is 1. The fourth-order valence-corrected chi connectivity index (χ4v) is 3.77. The Morgan fingerprint density at radius 2 is 1.90 bits per heavy atom. The highest BCUT2D eigenvalue weighted by atomic mass is 32.1. The number of nitrogens with zero attached hydrogens (tertiary/aromatic N) is 1. The molecule has 0 aliphatic carbocycles. The van der Waals surface area contributed by atoms with Crippen LogP contribution in [0.2, 0.25) is 0 Å². The molecule has 0 saturated carbocycles. The molecule has 2 heterocycles. The number of primary amides is 1. The highest BCUT2D eigenvalue weighted by Gasteiger charge is 2.27. The average molecular weight is 430 g/mol. The number of ether oxygens (including phenoxy) is 1. The van der Waals surface area contributed by atoms with Crippen molar-refractivity contribution in [1.82, 2.24) is 10.2 Å². The van der Waals surface area contributed by atoms with Crippen LogP contribution in [-0.4, -0.2) is 34.1 Å². The summed E-state index contributed by atoms with van der Waals surface area (Å²) in [7, 11) is 0. The van der Waals surface area contributed by atoms with E-state index >= 15 is 0 Å². The summed E-state index contributed by atoms with van der Waals surface area (Å²) in [4.78, 5) is 37.0. The largest absolute Gasteiger partial charge is 0.459 e. The Hall–Kier alpha value is -3.53. The molecule has 0 radical (unpaired) electrons. The first kappa shape index (κ1) is 21.2. The van der Waals surface area contributed by atoms with Crippen LogP contribution in [0.15, 0.2) is 30.3 Å². The van der Waals surface area contributed by atoms with Crippen LogP contribution >= 0.6 is 11.3 Å². The van der Waals surface area contributed by atoms with Gasteiger partial charge in [0.05, 0.1) is 22.2 Å². The zero-order valence-corrected chi connectivity index (χ0v) is 17.2. The van der Waals surface area contributed by atoms with Crippen LogP contribution in [-0.2, 0) is 4.74 Å². The molecule has 10 heteroatoms. The van der Waals surface area contributed by atoms with Crippen LogP contribution in [0.1, 0.15) is 49.9 Å². The van der Waals surface area contributed by atoms with E-state index in [0.717, 1.165) is 11.3 Å². The van der Waals surface area contributed by atoms with E-state index in [-0.39, 0.29) is 33.1 Å². The summed E-state index contributed by atoms with van der Waals surface area (Å²) in [6.45, 7) is 4.94. The van der Waals surface area contributed by atoms with Crippen LogP contribution < -0.4 is 11.1 Å². The first-order valence-corrected chi connectivity index (χ1v) is 9.76. The van der Waals surface area contributed by atoms with Crippen molar-refractivity contribution in [2.24, 2.45) is 5.73 Å². The predicted octanol–water partition coefficient (Wildman–Crippen LogP) is 3.50.